The monoisotopic (exact) mass is 610 g/mol. The smallest absolute Gasteiger partial charge is 0.403 e. The molecule has 0 N–H and O–H groups in total. The van der Waals surface area contributed by atoms with Crippen molar-refractivity contribution in [3.8, 4) is 5.75 Å². The molecule has 0 radical (unpaired) electrons. The minimum Gasteiger partial charge on any atom is -0.403 e. The Morgan fingerprint density at radius 2 is 1.30 bits per heavy atom. The van der Waals surface area contributed by atoms with Gasteiger partial charge in [0.15, 0.2) is 23.2 Å². The van der Waals surface area contributed by atoms with Crippen molar-refractivity contribution in [2.45, 2.75) is 95.8 Å². The first-order valence-electron chi connectivity index (χ1n) is 15.0. The second kappa shape index (κ2) is 12.9. The Labute approximate surface area is 246 Å². The first-order chi connectivity index (χ1) is 20.5. The van der Waals surface area contributed by atoms with Crippen LogP contribution >= 0.6 is 0 Å². The van der Waals surface area contributed by atoms with Gasteiger partial charge in [0.1, 0.15) is 5.82 Å². The molecular weight excluding hydrogens is 576 g/mol. The standard InChI is InChI=1S/C34H34F8O/c1-2-3-19-4-6-20(7-5-19)8-9-21-10-15-25-26(18-21)31(37)33(39)28(29(25)35)23-13-11-22(12-14-23)24-16-17-27(32(38)30(24)36)43-34(40,41)42/h4-7,16-17,21-23H,2-3,8-15,18H2,1H3. The first kappa shape index (κ1) is 31.3. The lowest BCUT2D eigenvalue weighted by molar-refractivity contribution is -0.275. The van der Waals surface area contributed by atoms with Crippen LogP contribution in [-0.2, 0) is 25.7 Å². The summed E-state index contributed by atoms with van der Waals surface area (Å²) in [7, 11) is 0. The van der Waals surface area contributed by atoms with Gasteiger partial charge in [-0.25, -0.2) is 17.6 Å². The van der Waals surface area contributed by atoms with Crippen molar-refractivity contribution in [2.24, 2.45) is 5.92 Å². The maximum Gasteiger partial charge on any atom is 0.573 e. The number of halogens is 8. The van der Waals surface area contributed by atoms with Crippen molar-refractivity contribution in [3.63, 3.8) is 0 Å². The van der Waals surface area contributed by atoms with Crippen molar-refractivity contribution in [2.75, 3.05) is 0 Å². The van der Waals surface area contributed by atoms with Crippen molar-refractivity contribution in [1.82, 2.24) is 0 Å². The van der Waals surface area contributed by atoms with E-state index in [0.29, 0.717) is 12.8 Å². The van der Waals surface area contributed by atoms with E-state index in [0.717, 1.165) is 37.8 Å². The molecule has 0 heterocycles. The predicted octanol–water partition coefficient (Wildman–Crippen LogP) is 10.4. The summed E-state index contributed by atoms with van der Waals surface area (Å²) in [6, 6.07) is 10.2. The van der Waals surface area contributed by atoms with Gasteiger partial charge in [0.05, 0.1) is 0 Å². The first-order valence-corrected chi connectivity index (χ1v) is 15.0. The van der Waals surface area contributed by atoms with Crippen LogP contribution in [0.15, 0.2) is 36.4 Å². The third-order valence-corrected chi connectivity index (χ3v) is 9.14. The summed E-state index contributed by atoms with van der Waals surface area (Å²) >= 11 is 0. The van der Waals surface area contributed by atoms with Crippen molar-refractivity contribution < 1.29 is 39.9 Å². The Hall–Kier alpha value is -3.10. The Bertz CT molecular complexity index is 1440. The number of hydrogen-bond acceptors (Lipinski definition) is 1. The number of rotatable bonds is 8. The van der Waals surface area contributed by atoms with Gasteiger partial charge < -0.3 is 4.74 Å². The number of hydrogen-bond donors (Lipinski definition) is 0. The van der Waals surface area contributed by atoms with E-state index >= 15 is 13.2 Å². The van der Waals surface area contributed by atoms with E-state index in [1.165, 1.54) is 11.1 Å². The van der Waals surface area contributed by atoms with Gasteiger partial charge >= 0.3 is 6.36 Å². The Morgan fingerprint density at radius 3 is 1.93 bits per heavy atom. The Kier molecular flexibility index (Phi) is 9.37. The molecule has 2 aliphatic carbocycles. The van der Waals surface area contributed by atoms with Crippen LogP contribution in [0.2, 0.25) is 0 Å². The summed E-state index contributed by atoms with van der Waals surface area (Å²) in [5.41, 5.74) is 2.39. The number of benzene rings is 3. The zero-order valence-corrected chi connectivity index (χ0v) is 23.9. The fourth-order valence-electron chi connectivity index (χ4n) is 6.88. The van der Waals surface area contributed by atoms with Crippen LogP contribution in [0, 0.1) is 35.0 Å². The van der Waals surface area contributed by atoms with Gasteiger partial charge in [-0.1, -0.05) is 43.7 Å². The topological polar surface area (TPSA) is 9.23 Å². The minimum atomic E-state index is -5.17. The summed E-state index contributed by atoms with van der Waals surface area (Å²) in [6.07, 6.45) is 0.592. The van der Waals surface area contributed by atoms with Gasteiger partial charge in [-0.2, -0.15) is 4.39 Å². The second-order valence-corrected chi connectivity index (χ2v) is 11.9. The molecule has 1 atom stereocenters. The Morgan fingerprint density at radius 1 is 0.674 bits per heavy atom. The largest absolute Gasteiger partial charge is 0.573 e. The summed E-state index contributed by atoms with van der Waals surface area (Å²) in [5, 5.41) is 0. The number of aryl methyl sites for hydroxylation is 2. The SMILES string of the molecule is CCCc1ccc(CCC2CCc3c(F)c(C4CCC(c5ccc(OC(F)(F)F)c(F)c5F)CC4)c(F)c(F)c3C2)cc1. The van der Waals surface area contributed by atoms with E-state index in [2.05, 4.69) is 35.9 Å². The Balaban J connectivity index is 1.25. The molecular formula is C34H34F8O. The van der Waals surface area contributed by atoms with Crippen LogP contribution in [0.1, 0.15) is 97.1 Å². The second-order valence-electron chi connectivity index (χ2n) is 11.9. The molecule has 5 rings (SSSR count). The summed E-state index contributed by atoms with van der Waals surface area (Å²) in [4.78, 5) is 0. The van der Waals surface area contributed by atoms with E-state index in [1.54, 1.807) is 0 Å². The number of fused-ring (bicyclic) bond motifs is 1. The fraction of sp³-hybridized carbons (Fsp3) is 0.471. The molecule has 0 aliphatic heterocycles. The third kappa shape index (κ3) is 6.86. The van der Waals surface area contributed by atoms with Gasteiger partial charge in [-0.15, -0.1) is 13.2 Å². The molecule has 0 amide bonds. The molecule has 43 heavy (non-hydrogen) atoms. The zero-order chi connectivity index (χ0) is 30.9. The maximum absolute atomic E-state index is 15.8. The highest BCUT2D eigenvalue weighted by Gasteiger charge is 2.37. The third-order valence-electron chi connectivity index (χ3n) is 9.14. The number of ether oxygens (including phenoxy) is 1. The van der Waals surface area contributed by atoms with Gasteiger partial charge in [-0.3, -0.25) is 0 Å². The minimum absolute atomic E-state index is 0.112. The van der Waals surface area contributed by atoms with Crippen LogP contribution in [0.25, 0.3) is 0 Å². The van der Waals surface area contributed by atoms with E-state index in [4.69, 9.17) is 0 Å². The lowest BCUT2D eigenvalue weighted by Crippen LogP contribution is -2.23. The average Bonchev–Trinajstić information content (AvgIpc) is 2.98. The molecule has 232 valence electrons. The van der Waals surface area contributed by atoms with Crippen LogP contribution in [0.3, 0.4) is 0 Å². The van der Waals surface area contributed by atoms with E-state index < -0.39 is 53.0 Å². The molecule has 1 unspecified atom stereocenters. The molecule has 0 bridgehead atoms. The molecule has 1 saturated carbocycles. The molecule has 0 spiro atoms. The van der Waals surface area contributed by atoms with Crippen molar-refractivity contribution in [3.05, 3.63) is 98.9 Å². The summed E-state index contributed by atoms with van der Waals surface area (Å²) in [5.74, 6) is -8.45. The fourth-order valence-corrected chi connectivity index (χ4v) is 6.88. The van der Waals surface area contributed by atoms with Gasteiger partial charge in [0.25, 0.3) is 0 Å². The van der Waals surface area contributed by atoms with E-state index in [9.17, 15) is 22.0 Å². The van der Waals surface area contributed by atoms with Crippen LogP contribution < -0.4 is 4.74 Å². The number of alkyl halides is 3. The maximum atomic E-state index is 15.8. The molecule has 1 fully saturated rings. The van der Waals surface area contributed by atoms with Crippen LogP contribution in [0.4, 0.5) is 35.1 Å². The molecule has 9 heteroatoms. The molecule has 3 aromatic carbocycles. The predicted molar refractivity (Wildman–Crippen MR) is 148 cm³/mol. The van der Waals surface area contributed by atoms with Crippen LogP contribution in [-0.4, -0.2) is 6.36 Å². The summed E-state index contributed by atoms with van der Waals surface area (Å²) < 4.78 is 116. The molecule has 0 aromatic heterocycles. The molecule has 1 nitrogen and oxygen atoms in total. The van der Waals surface area contributed by atoms with Crippen molar-refractivity contribution in [1.29, 1.82) is 0 Å². The van der Waals surface area contributed by atoms with E-state index in [1.807, 2.05) is 0 Å². The van der Waals surface area contributed by atoms with Crippen LogP contribution in [0.5, 0.6) is 5.75 Å². The van der Waals surface area contributed by atoms with Crippen molar-refractivity contribution >= 4 is 0 Å². The molecule has 2 aliphatic rings. The molecule has 3 aromatic rings. The average molecular weight is 611 g/mol. The quantitative estimate of drug-likeness (QED) is 0.182. The van der Waals surface area contributed by atoms with Gasteiger partial charge in [0, 0.05) is 5.56 Å². The zero-order valence-electron chi connectivity index (χ0n) is 23.9. The molecule has 0 saturated heterocycles. The highest BCUT2D eigenvalue weighted by molar-refractivity contribution is 5.41. The highest BCUT2D eigenvalue weighted by atomic mass is 19.4. The van der Waals surface area contributed by atoms with E-state index in [-0.39, 0.29) is 60.3 Å². The lowest BCUT2D eigenvalue weighted by Gasteiger charge is -2.32. The highest BCUT2D eigenvalue weighted by Crippen LogP contribution is 2.46. The lowest BCUT2D eigenvalue weighted by atomic mass is 9.73. The summed E-state index contributed by atoms with van der Waals surface area (Å²) in [6.45, 7) is 2.13. The van der Waals surface area contributed by atoms with Gasteiger partial charge in [0.2, 0.25) is 5.82 Å². The normalized spacial score (nSPS) is 20.6. The van der Waals surface area contributed by atoms with Gasteiger partial charge in [-0.05, 0) is 116 Å².